The Balaban J connectivity index is 1.18. The van der Waals surface area contributed by atoms with Crippen LogP contribution in [0.1, 0.15) is 0 Å². The Morgan fingerprint density at radius 1 is 0.382 bits per heavy atom. The van der Waals surface area contributed by atoms with E-state index in [9.17, 15) is 0 Å². The number of rotatable bonds is 6. The van der Waals surface area contributed by atoms with Crippen molar-refractivity contribution in [1.29, 1.82) is 0 Å². The summed E-state index contributed by atoms with van der Waals surface area (Å²) in [5, 5.41) is 7.08. The van der Waals surface area contributed by atoms with Crippen molar-refractivity contribution in [3.05, 3.63) is 200 Å². The molecule has 0 fully saturated rings. The molecule has 0 saturated heterocycles. The minimum absolute atomic E-state index is 0.868. The molecule has 0 aliphatic heterocycles. The molecular weight excluding hydrogens is 687 g/mol. The van der Waals surface area contributed by atoms with Crippen molar-refractivity contribution in [3.63, 3.8) is 0 Å². The molecule has 0 amide bonds. The van der Waals surface area contributed by atoms with Gasteiger partial charge < -0.3 is 9.32 Å². The van der Waals surface area contributed by atoms with Crippen LogP contribution < -0.4 is 4.90 Å². The van der Waals surface area contributed by atoms with Gasteiger partial charge in [0.05, 0.1) is 16.8 Å². The van der Waals surface area contributed by atoms with Crippen molar-refractivity contribution >= 4 is 81.3 Å². The van der Waals surface area contributed by atoms with Gasteiger partial charge in [0, 0.05) is 42.2 Å². The topological polar surface area (TPSA) is 16.4 Å². The fourth-order valence-corrected chi connectivity index (χ4v) is 9.35. The number of fused-ring (bicyclic) bond motifs is 7. The maximum absolute atomic E-state index is 6.99. The van der Waals surface area contributed by atoms with Crippen molar-refractivity contribution in [2.45, 2.75) is 0 Å². The third kappa shape index (κ3) is 5.32. The van der Waals surface area contributed by atoms with Gasteiger partial charge in [-0.15, -0.1) is 11.3 Å². The van der Waals surface area contributed by atoms with Gasteiger partial charge in [0.1, 0.15) is 11.2 Å². The Morgan fingerprint density at radius 2 is 1.04 bits per heavy atom. The quantitative estimate of drug-likeness (QED) is 0.170. The molecule has 0 aliphatic rings. The predicted molar refractivity (Wildman–Crippen MR) is 235 cm³/mol. The number of nitrogens with zero attached hydrogens (tertiary/aromatic N) is 1. The second kappa shape index (κ2) is 12.9. The van der Waals surface area contributed by atoms with Crippen LogP contribution in [0.25, 0.3) is 86.3 Å². The lowest BCUT2D eigenvalue weighted by molar-refractivity contribution is 0.670. The molecule has 0 unspecified atom stereocenters. The molecule has 0 N–H and O–H groups in total. The van der Waals surface area contributed by atoms with Crippen LogP contribution in [0.3, 0.4) is 0 Å². The Labute approximate surface area is 322 Å². The average molecular weight is 720 g/mol. The van der Waals surface area contributed by atoms with Gasteiger partial charge in [0.25, 0.3) is 0 Å². The molecule has 2 nitrogen and oxygen atoms in total. The van der Waals surface area contributed by atoms with Crippen LogP contribution in [0.15, 0.2) is 205 Å². The monoisotopic (exact) mass is 719 g/mol. The summed E-state index contributed by atoms with van der Waals surface area (Å²) in [6, 6.07) is 72.1. The molecule has 258 valence electrons. The summed E-state index contributed by atoms with van der Waals surface area (Å²) in [4.78, 5) is 2.45. The zero-order valence-electron chi connectivity index (χ0n) is 29.8. The molecule has 11 rings (SSSR count). The third-order valence-corrected chi connectivity index (χ3v) is 12.0. The van der Waals surface area contributed by atoms with E-state index in [0.29, 0.717) is 0 Å². The minimum atomic E-state index is 0.868. The van der Waals surface area contributed by atoms with E-state index in [1.165, 1.54) is 42.1 Å². The van der Waals surface area contributed by atoms with E-state index >= 15 is 0 Å². The number of anilines is 3. The summed E-state index contributed by atoms with van der Waals surface area (Å²) in [5.74, 6) is 0. The Bertz CT molecular complexity index is 3190. The lowest BCUT2D eigenvalue weighted by atomic mass is 9.98. The number of hydrogen-bond acceptors (Lipinski definition) is 3. The summed E-state index contributed by atoms with van der Waals surface area (Å²) in [7, 11) is 0. The van der Waals surface area contributed by atoms with Crippen LogP contribution in [0.2, 0.25) is 0 Å². The van der Waals surface area contributed by atoms with Gasteiger partial charge in [-0.3, -0.25) is 0 Å². The third-order valence-electron chi connectivity index (χ3n) is 10.9. The maximum Gasteiger partial charge on any atom is 0.145 e. The molecule has 0 radical (unpaired) electrons. The number of hydrogen-bond donors (Lipinski definition) is 0. The van der Waals surface area contributed by atoms with Crippen molar-refractivity contribution in [1.82, 2.24) is 0 Å². The van der Waals surface area contributed by atoms with Crippen LogP contribution in [0, 0.1) is 0 Å². The first kappa shape index (κ1) is 31.6. The van der Waals surface area contributed by atoms with E-state index < -0.39 is 0 Å². The Kier molecular flexibility index (Phi) is 7.39. The highest BCUT2D eigenvalue weighted by atomic mass is 32.1. The highest BCUT2D eigenvalue weighted by molar-refractivity contribution is 7.25. The van der Waals surface area contributed by atoms with E-state index in [0.717, 1.165) is 61.3 Å². The number of thiophene rings is 1. The molecule has 2 aromatic heterocycles. The molecule has 0 atom stereocenters. The molecule has 0 bridgehead atoms. The number of benzene rings is 9. The fraction of sp³-hybridized carbons (Fsp3) is 0. The zero-order valence-corrected chi connectivity index (χ0v) is 30.6. The lowest BCUT2D eigenvalue weighted by Crippen LogP contribution is -2.11. The van der Waals surface area contributed by atoms with Gasteiger partial charge in [-0.05, 0) is 87.8 Å². The molecule has 2 heterocycles. The molecule has 11 aromatic rings. The molecule has 9 aromatic carbocycles. The Hall–Kier alpha value is -6.94. The molecular formula is C52H33NOS. The maximum atomic E-state index is 6.99. The standard InChI is InChI=1S/C52H33NOS/c1-4-13-34(14-5-1)38-24-27-44-48(31-38)54-52-42(37-17-8-3-9-18-37)28-29-47(51(44)52)53(46-22-12-20-36-19-10-11-21-41(36)46)40-25-30-49-45(33-40)43-26-23-39(32-50(43)55-49)35-15-6-2-7-16-35/h1-33H. The summed E-state index contributed by atoms with van der Waals surface area (Å²) < 4.78 is 9.55. The van der Waals surface area contributed by atoms with Gasteiger partial charge in [-0.2, -0.15) is 0 Å². The first-order valence-electron chi connectivity index (χ1n) is 18.7. The van der Waals surface area contributed by atoms with Gasteiger partial charge in [0.15, 0.2) is 0 Å². The fourth-order valence-electron chi connectivity index (χ4n) is 8.23. The molecule has 0 spiro atoms. The van der Waals surface area contributed by atoms with Gasteiger partial charge in [-0.25, -0.2) is 0 Å². The van der Waals surface area contributed by atoms with E-state index in [2.05, 4.69) is 205 Å². The van der Waals surface area contributed by atoms with Gasteiger partial charge in [0.2, 0.25) is 0 Å². The SMILES string of the molecule is c1ccc(-c2ccc3c(c2)oc2c(-c4ccccc4)ccc(N(c4ccc5sc6cc(-c7ccccc7)ccc6c5c4)c4cccc5ccccc45)c23)cc1. The second-order valence-corrected chi connectivity index (χ2v) is 15.2. The van der Waals surface area contributed by atoms with Crippen LogP contribution in [-0.2, 0) is 0 Å². The zero-order chi connectivity index (χ0) is 36.3. The molecule has 0 aliphatic carbocycles. The largest absolute Gasteiger partial charge is 0.455 e. The normalized spacial score (nSPS) is 11.6. The van der Waals surface area contributed by atoms with Crippen molar-refractivity contribution < 1.29 is 4.42 Å². The smallest absolute Gasteiger partial charge is 0.145 e. The van der Waals surface area contributed by atoms with Crippen LogP contribution in [0.4, 0.5) is 17.1 Å². The first-order chi connectivity index (χ1) is 27.3. The Morgan fingerprint density at radius 3 is 1.80 bits per heavy atom. The van der Waals surface area contributed by atoms with E-state index in [1.54, 1.807) is 0 Å². The lowest BCUT2D eigenvalue weighted by Gasteiger charge is -2.28. The van der Waals surface area contributed by atoms with Crippen LogP contribution in [-0.4, -0.2) is 0 Å². The van der Waals surface area contributed by atoms with Crippen LogP contribution >= 0.6 is 11.3 Å². The number of furan rings is 1. The highest BCUT2D eigenvalue weighted by Gasteiger charge is 2.24. The average Bonchev–Trinajstić information content (AvgIpc) is 3.83. The van der Waals surface area contributed by atoms with Gasteiger partial charge in [-0.1, -0.05) is 146 Å². The van der Waals surface area contributed by atoms with E-state index in [4.69, 9.17) is 4.42 Å². The summed E-state index contributed by atoms with van der Waals surface area (Å²) in [5.41, 5.74) is 12.0. The van der Waals surface area contributed by atoms with Crippen molar-refractivity contribution in [2.24, 2.45) is 0 Å². The van der Waals surface area contributed by atoms with E-state index in [1.807, 2.05) is 11.3 Å². The molecule has 55 heavy (non-hydrogen) atoms. The molecule has 3 heteroatoms. The summed E-state index contributed by atoms with van der Waals surface area (Å²) in [6.45, 7) is 0. The second-order valence-electron chi connectivity index (χ2n) is 14.1. The summed E-state index contributed by atoms with van der Waals surface area (Å²) in [6.07, 6.45) is 0. The first-order valence-corrected chi connectivity index (χ1v) is 19.5. The minimum Gasteiger partial charge on any atom is -0.455 e. The van der Waals surface area contributed by atoms with Crippen molar-refractivity contribution in [2.75, 3.05) is 4.90 Å². The summed E-state index contributed by atoms with van der Waals surface area (Å²) >= 11 is 1.86. The molecule has 0 saturated carbocycles. The van der Waals surface area contributed by atoms with Crippen LogP contribution in [0.5, 0.6) is 0 Å². The predicted octanol–water partition coefficient (Wildman–Crippen LogP) is 15.6. The van der Waals surface area contributed by atoms with E-state index in [-0.39, 0.29) is 0 Å². The van der Waals surface area contributed by atoms with Gasteiger partial charge >= 0.3 is 0 Å². The van der Waals surface area contributed by atoms with Crippen molar-refractivity contribution in [3.8, 4) is 33.4 Å². The highest BCUT2D eigenvalue weighted by Crippen LogP contribution is 2.49.